The zero-order chi connectivity index (χ0) is 17.2. The highest BCUT2D eigenvalue weighted by atomic mass is 16.6. The summed E-state index contributed by atoms with van der Waals surface area (Å²) >= 11 is 0. The fraction of sp³-hybridized carbons (Fsp3) is 0.647. The lowest BCUT2D eigenvalue weighted by molar-refractivity contribution is 0.0496. The number of rotatable bonds is 3. The molecule has 3 heterocycles. The van der Waals surface area contributed by atoms with Gasteiger partial charge in [0.05, 0.1) is 19.3 Å². The first-order chi connectivity index (χ1) is 11.4. The molecule has 0 atom stereocenters. The van der Waals surface area contributed by atoms with Crippen LogP contribution in [0.4, 0.5) is 16.4 Å². The highest BCUT2D eigenvalue weighted by Gasteiger charge is 2.30. The van der Waals surface area contributed by atoms with Gasteiger partial charge in [0.2, 0.25) is 0 Å². The molecule has 0 bridgehead atoms. The van der Waals surface area contributed by atoms with E-state index in [-0.39, 0.29) is 12.1 Å². The number of morpholine rings is 1. The molecule has 0 saturated carbocycles. The van der Waals surface area contributed by atoms with Crippen LogP contribution in [0.25, 0.3) is 0 Å². The second-order valence-corrected chi connectivity index (χ2v) is 7.20. The molecule has 1 N–H and O–H groups in total. The normalized spacial score (nSPS) is 19.0. The molecule has 132 valence electrons. The Morgan fingerprint density at radius 2 is 1.83 bits per heavy atom. The molecule has 1 aromatic heterocycles. The summed E-state index contributed by atoms with van der Waals surface area (Å²) in [6.07, 6.45) is -0.359. The lowest BCUT2D eigenvalue weighted by atomic mass is 10.1. The van der Waals surface area contributed by atoms with Gasteiger partial charge in [-0.15, -0.1) is 0 Å². The maximum atomic E-state index is 11.8. The number of aromatic nitrogens is 1. The van der Waals surface area contributed by atoms with E-state index in [1.165, 1.54) is 0 Å². The molecular weight excluding hydrogens is 308 g/mol. The van der Waals surface area contributed by atoms with Gasteiger partial charge in [0, 0.05) is 26.2 Å². The molecule has 2 saturated heterocycles. The van der Waals surface area contributed by atoms with E-state index in [4.69, 9.17) is 14.5 Å². The van der Waals surface area contributed by atoms with E-state index in [1.807, 2.05) is 39.0 Å². The number of nitrogens with zero attached hydrogens (tertiary/aromatic N) is 3. The molecule has 3 rings (SSSR count). The Hall–Kier alpha value is -2.02. The van der Waals surface area contributed by atoms with Gasteiger partial charge in [-0.25, -0.2) is 9.78 Å². The van der Waals surface area contributed by atoms with E-state index in [0.717, 1.165) is 51.0 Å². The van der Waals surface area contributed by atoms with Crippen LogP contribution in [0.3, 0.4) is 0 Å². The van der Waals surface area contributed by atoms with E-state index in [0.29, 0.717) is 0 Å². The molecule has 0 aliphatic carbocycles. The maximum absolute atomic E-state index is 11.8. The first kappa shape index (κ1) is 16.8. The van der Waals surface area contributed by atoms with E-state index in [2.05, 4.69) is 15.1 Å². The molecule has 2 aliphatic heterocycles. The van der Waals surface area contributed by atoms with Gasteiger partial charge in [-0.2, -0.15) is 0 Å². The van der Waals surface area contributed by atoms with Crippen LogP contribution in [0.2, 0.25) is 0 Å². The minimum Gasteiger partial charge on any atom is -0.444 e. The average molecular weight is 334 g/mol. The molecule has 0 unspecified atom stereocenters. The SMILES string of the molecule is CC(C)(C)OC(=O)NC1CN(c2cccc(N3CCOCC3)n2)C1. The molecule has 2 aliphatic rings. The van der Waals surface area contributed by atoms with Crippen LogP contribution in [-0.4, -0.2) is 62.1 Å². The largest absolute Gasteiger partial charge is 0.444 e. The van der Waals surface area contributed by atoms with E-state index in [9.17, 15) is 4.79 Å². The third-order valence-corrected chi connectivity index (χ3v) is 3.98. The number of carbonyl (C=O) groups excluding carboxylic acids is 1. The Labute approximate surface area is 142 Å². The number of pyridine rings is 1. The summed E-state index contributed by atoms with van der Waals surface area (Å²) in [5.41, 5.74) is -0.471. The van der Waals surface area contributed by atoms with Gasteiger partial charge in [-0.1, -0.05) is 6.07 Å². The van der Waals surface area contributed by atoms with Crippen LogP contribution in [-0.2, 0) is 9.47 Å². The number of nitrogens with one attached hydrogen (secondary N) is 1. The van der Waals surface area contributed by atoms with Gasteiger partial charge in [0.25, 0.3) is 0 Å². The molecule has 0 aromatic carbocycles. The third kappa shape index (κ3) is 4.29. The van der Waals surface area contributed by atoms with E-state index < -0.39 is 5.60 Å². The standard InChI is InChI=1S/C17H26N4O3/c1-17(2,3)24-16(22)18-13-11-21(12-13)15-6-4-5-14(19-15)20-7-9-23-10-8-20/h4-6,13H,7-12H2,1-3H3,(H,18,22). The van der Waals surface area contributed by atoms with Crippen LogP contribution in [0.15, 0.2) is 18.2 Å². The second kappa shape index (κ2) is 6.84. The quantitative estimate of drug-likeness (QED) is 0.906. The average Bonchev–Trinajstić information content (AvgIpc) is 2.50. The van der Waals surface area contributed by atoms with Gasteiger partial charge < -0.3 is 24.6 Å². The van der Waals surface area contributed by atoms with Crippen LogP contribution in [0.1, 0.15) is 20.8 Å². The fourth-order valence-corrected chi connectivity index (χ4v) is 2.79. The minimum absolute atomic E-state index is 0.105. The summed E-state index contributed by atoms with van der Waals surface area (Å²) in [4.78, 5) is 20.9. The first-order valence-electron chi connectivity index (χ1n) is 8.45. The van der Waals surface area contributed by atoms with Crippen molar-refractivity contribution in [3.05, 3.63) is 18.2 Å². The monoisotopic (exact) mass is 334 g/mol. The lowest BCUT2D eigenvalue weighted by Gasteiger charge is -2.41. The minimum atomic E-state index is -0.471. The molecular formula is C17H26N4O3. The van der Waals surface area contributed by atoms with Crippen molar-refractivity contribution in [1.82, 2.24) is 10.3 Å². The second-order valence-electron chi connectivity index (χ2n) is 7.20. The predicted octanol–water partition coefficient (Wildman–Crippen LogP) is 1.63. The molecule has 0 radical (unpaired) electrons. The summed E-state index contributed by atoms with van der Waals surface area (Å²) in [6.45, 7) is 10.3. The van der Waals surface area contributed by atoms with Crippen molar-refractivity contribution in [2.45, 2.75) is 32.4 Å². The lowest BCUT2D eigenvalue weighted by Crippen LogP contribution is -2.60. The molecule has 0 spiro atoms. The zero-order valence-corrected chi connectivity index (χ0v) is 14.6. The van der Waals surface area contributed by atoms with Crippen LogP contribution in [0, 0.1) is 0 Å². The first-order valence-corrected chi connectivity index (χ1v) is 8.45. The Balaban J connectivity index is 1.51. The van der Waals surface area contributed by atoms with Crippen molar-refractivity contribution in [3.8, 4) is 0 Å². The highest BCUT2D eigenvalue weighted by Crippen LogP contribution is 2.22. The number of ether oxygens (including phenoxy) is 2. The van der Waals surface area contributed by atoms with Gasteiger partial charge in [-0.3, -0.25) is 0 Å². The molecule has 7 nitrogen and oxygen atoms in total. The fourth-order valence-electron chi connectivity index (χ4n) is 2.79. The van der Waals surface area contributed by atoms with Gasteiger partial charge >= 0.3 is 6.09 Å². The third-order valence-electron chi connectivity index (χ3n) is 3.98. The van der Waals surface area contributed by atoms with Crippen molar-refractivity contribution >= 4 is 17.7 Å². The highest BCUT2D eigenvalue weighted by molar-refractivity contribution is 5.69. The van der Waals surface area contributed by atoms with Crippen molar-refractivity contribution in [1.29, 1.82) is 0 Å². The number of hydrogen-bond donors (Lipinski definition) is 1. The Kier molecular flexibility index (Phi) is 4.80. The Bertz CT molecular complexity index is 575. The maximum Gasteiger partial charge on any atom is 0.407 e. The predicted molar refractivity (Wildman–Crippen MR) is 92.6 cm³/mol. The number of amides is 1. The Morgan fingerprint density at radius 1 is 1.21 bits per heavy atom. The van der Waals surface area contributed by atoms with Crippen LogP contribution in [0.5, 0.6) is 0 Å². The van der Waals surface area contributed by atoms with Gasteiger partial charge in [-0.05, 0) is 32.9 Å². The zero-order valence-electron chi connectivity index (χ0n) is 14.6. The molecule has 2 fully saturated rings. The smallest absolute Gasteiger partial charge is 0.407 e. The number of carbonyl (C=O) groups is 1. The van der Waals surface area contributed by atoms with Gasteiger partial charge in [0.15, 0.2) is 0 Å². The summed E-state index contributed by atoms with van der Waals surface area (Å²) in [7, 11) is 0. The molecule has 1 amide bonds. The van der Waals surface area contributed by atoms with Gasteiger partial charge in [0.1, 0.15) is 17.2 Å². The molecule has 7 heteroatoms. The van der Waals surface area contributed by atoms with Crippen LogP contribution < -0.4 is 15.1 Å². The summed E-state index contributed by atoms with van der Waals surface area (Å²) in [5.74, 6) is 1.93. The molecule has 1 aromatic rings. The van der Waals surface area contributed by atoms with E-state index >= 15 is 0 Å². The summed E-state index contributed by atoms with van der Waals surface area (Å²) < 4.78 is 10.7. The van der Waals surface area contributed by atoms with Crippen molar-refractivity contribution in [3.63, 3.8) is 0 Å². The molecule has 24 heavy (non-hydrogen) atoms. The Morgan fingerprint density at radius 3 is 2.46 bits per heavy atom. The number of alkyl carbamates (subject to hydrolysis) is 1. The van der Waals surface area contributed by atoms with E-state index in [1.54, 1.807) is 0 Å². The van der Waals surface area contributed by atoms with Crippen molar-refractivity contribution < 1.29 is 14.3 Å². The summed E-state index contributed by atoms with van der Waals surface area (Å²) in [6, 6.07) is 6.18. The topological polar surface area (TPSA) is 66.9 Å². The number of hydrogen-bond acceptors (Lipinski definition) is 6. The van der Waals surface area contributed by atoms with Crippen LogP contribution >= 0.6 is 0 Å². The summed E-state index contributed by atoms with van der Waals surface area (Å²) in [5, 5.41) is 2.89. The van der Waals surface area contributed by atoms with Crippen molar-refractivity contribution in [2.24, 2.45) is 0 Å². The van der Waals surface area contributed by atoms with Crippen molar-refractivity contribution in [2.75, 3.05) is 49.2 Å². The number of anilines is 2.